The summed E-state index contributed by atoms with van der Waals surface area (Å²) in [5, 5.41) is 17.0. The molecule has 1 aromatic heterocycles. The molecular formula is C14H17Cl2N3O4. The normalized spacial score (nSPS) is 20.2. The van der Waals surface area contributed by atoms with E-state index in [4.69, 9.17) is 25.6 Å². The lowest BCUT2D eigenvalue weighted by Crippen LogP contribution is -2.15. The molecule has 2 atom stereocenters. The molecule has 2 aromatic rings. The van der Waals surface area contributed by atoms with Crippen molar-refractivity contribution < 1.29 is 19.1 Å². The van der Waals surface area contributed by atoms with Gasteiger partial charge >= 0.3 is 0 Å². The molecule has 0 spiro atoms. The van der Waals surface area contributed by atoms with Crippen LogP contribution in [0.3, 0.4) is 0 Å². The molecule has 1 fully saturated rings. The van der Waals surface area contributed by atoms with Gasteiger partial charge in [-0.05, 0) is 18.6 Å². The number of ether oxygens (including phenoxy) is 2. The molecule has 1 aliphatic rings. The second-order valence-corrected chi connectivity index (χ2v) is 5.41. The molecule has 2 N–H and O–H groups in total. The first kappa shape index (κ1) is 17.8. The molecular weight excluding hydrogens is 345 g/mol. The number of nitrogens with one attached hydrogen (secondary N) is 1. The van der Waals surface area contributed by atoms with E-state index in [1.54, 1.807) is 12.1 Å². The van der Waals surface area contributed by atoms with Crippen molar-refractivity contribution in [1.29, 1.82) is 0 Å². The summed E-state index contributed by atoms with van der Waals surface area (Å²) < 4.78 is 15.7. The van der Waals surface area contributed by atoms with Crippen LogP contribution in [0.25, 0.3) is 11.4 Å². The lowest BCUT2D eigenvalue weighted by molar-refractivity contribution is 0.191. The fourth-order valence-corrected chi connectivity index (χ4v) is 2.73. The number of methoxy groups -OCH3 is 2. The van der Waals surface area contributed by atoms with Crippen molar-refractivity contribution in [2.75, 3.05) is 20.8 Å². The Hall–Kier alpha value is -1.54. The summed E-state index contributed by atoms with van der Waals surface area (Å²) in [7, 11) is 3.05. The predicted octanol–water partition coefficient (Wildman–Crippen LogP) is 2.22. The van der Waals surface area contributed by atoms with Crippen LogP contribution in [0.2, 0.25) is 5.02 Å². The molecule has 1 saturated heterocycles. The first-order valence-electron chi connectivity index (χ1n) is 6.79. The van der Waals surface area contributed by atoms with Crippen molar-refractivity contribution in [1.82, 2.24) is 15.5 Å². The molecule has 2 heterocycles. The van der Waals surface area contributed by atoms with E-state index in [0.717, 1.165) is 0 Å². The van der Waals surface area contributed by atoms with Crippen molar-refractivity contribution in [3.63, 3.8) is 0 Å². The molecule has 0 saturated carbocycles. The number of hydrogen-bond acceptors (Lipinski definition) is 7. The second kappa shape index (κ2) is 7.35. The minimum Gasteiger partial charge on any atom is -0.493 e. The number of aliphatic hydroxyl groups excluding tert-OH is 1. The fraction of sp³-hybridized carbons (Fsp3) is 0.429. The van der Waals surface area contributed by atoms with Gasteiger partial charge in [0.2, 0.25) is 11.7 Å². The molecule has 3 rings (SSSR count). The van der Waals surface area contributed by atoms with Gasteiger partial charge in [-0.1, -0.05) is 16.8 Å². The molecule has 0 unspecified atom stereocenters. The van der Waals surface area contributed by atoms with Crippen molar-refractivity contribution in [3.05, 3.63) is 23.0 Å². The van der Waals surface area contributed by atoms with Gasteiger partial charge in [0.1, 0.15) is 0 Å². The average molecular weight is 362 g/mol. The van der Waals surface area contributed by atoms with Crippen LogP contribution in [0.5, 0.6) is 11.5 Å². The molecule has 9 heteroatoms. The van der Waals surface area contributed by atoms with E-state index in [9.17, 15) is 5.11 Å². The van der Waals surface area contributed by atoms with Gasteiger partial charge in [0.05, 0.1) is 31.4 Å². The van der Waals surface area contributed by atoms with Gasteiger partial charge in [-0.3, -0.25) is 0 Å². The summed E-state index contributed by atoms with van der Waals surface area (Å²) >= 11 is 6.18. The maximum absolute atomic E-state index is 9.55. The number of benzene rings is 1. The lowest BCUT2D eigenvalue weighted by atomic mass is 10.2. The third kappa shape index (κ3) is 3.53. The molecule has 1 aliphatic heterocycles. The summed E-state index contributed by atoms with van der Waals surface area (Å²) in [5.41, 5.74) is 0.663. The zero-order chi connectivity index (χ0) is 15.7. The van der Waals surface area contributed by atoms with Crippen LogP contribution in [0.4, 0.5) is 0 Å². The molecule has 0 bridgehead atoms. The topological polar surface area (TPSA) is 89.6 Å². The van der Waals surface area contributed by atoms with Crippen LogP contribution < -0.4 is 14.8 Å². The number of halogens is 2. The molecule has 0 radical (unpaired) electrons. The zero-order valence-electron chi connectivity index (χ0n) is 12.6. The largest absolute Gasteiger partial charge is 0.493 e. The standard InChI is InChI=1S/C14H16ClN3O4.ClH/c1-20-11-4-7(3-9(15)12(11)21-2)13-17-14(22-18-13)10-5-8(19)6-16-10;/h3-4,8,10,16,19H,5-6H2,1-2H3;1H/t8-,10+;/m0./s1. The Balaban J connectivity index is 0.00000192. The Morgan fingerprint density at radius 1 is 1.35 bits per heavy atom. The molecule has 1 aromatic carbocycles. The molecule has 0 aliphatic carbocycles. The maximum atomic E-state index is 9.55. The predicted molar refractivity (Wildman–Crippen MR) is 86.5 cm³/mol. The number of hydrogen-bond donors (Lipinski definition) is 2. The average Bonchev–Trinajstić information content (AvgIpc) is 3.15. The van der Waals surface area contributed by atoms with Crippen molar-refractivity contribution in [3.8, 4) is 22.9 Å². The van der Waals surface area contributed by atoms with Crippen molar-refractivity contribution >= 4 is 24.0 Å². The van der Waals surface area contributed by atoms with Gasteiger partial charge in [0.15, 0.2) is 11.5 Å². The van der Waals surface area contributed by atoms with Crippen LogP contribution in [0.1, 0.15) is 18.4 Å². The van der Waals surface area contributed by atoms with Gasteiger partial charge in [-0.15, -0.1) is 12.4 Å². The van der Waals surface area contributed by atoms with Crippen LogP contribution in [0.15, 0.2) is 16.7 Å². The molecule has 126 valence electrons. The molecule has 7 nitrogen and oxygen atoms in total. The van der Waals surface area contributed by atoms with Crippen molar-refractivity contribution in [2.24, 2.45) is 0 Å². The Morgan fingerprint density at radius 2 is 2.13 bits per heavy atom. The van der Waals surface area contributed by atoms with E-state index >= 15 is 0 Å². The van der Waals surface area contributed by atoms with Crippen LogP contribution >= 0.6 is 24.0 Å². The smallest absolute Gasteiger partial charge is 0.244 e. The zero-order valence-corrected chi connectivity index (χ0v) is 14.1. The summed E-state index contributed by atoms with van der Waals surface area (Å²) in [5.74, 6) is 1.79. The fourth-order valence-electron chi connectivity index (χ4n) is 2.45. The van der Waals surface area contributed by atoms with E-state index < -0.39 is 6.10 Å². The summed E-state index contributed by atoms with van der Waals surface area (Å²) in [6, 6.07) is 3.29. The Labute approximate surface area is 144 Å². The van der Waals surface area contributed by atoms with E-state index in [-0.39, 0.29) is 18.4 Å². The number of β-amino-alcohol motifs (C(OH)–C–C–N with tert-alkyl or cyclic N) is 1. The highest BCUT2D eigenvalue weighted by Crippen LogP contribution is 2.38. The number of aromatic nitrogens is 2. The first-order chi connectivity index (χ1) is 10.6. The maximum Gasteiger partial charge on any atom is 0.244 e. The molecule has 23 heavy (non-hydrogen) atoms. The summed E-state index contributed by atoms with van der Waals surface area (Å²) in [6.07, 6.45) is 0.157. The highest BCUT2D eigenvalue weighted by Gasteiger charge is 2.28. The van der Waals surface area contributed by atoms with E-state index in [1.165, 1.54) is 14.2 Å². The van der Waals surface area contributed by atoms with Crippen LogP contribution in [0, 0.1) is 0 Å². The van der Waals surface area contributed by atoms with Crippen LogP contribution in [-0.4, -0.2) is 42.1 Å². The quantitative estimate of drug-likeness (QED) is 0.862. The number of aliphatic hydroxyl groups is 1. The third-order valence-corrected chi connectivity index (χ3v) is 3.82. The monoisotopic (exact) mass is 361 g/mol. The Kier molecular flexibility index (Phi) is 5.69. The van der Waals surface area contributed by atoms with E-state index in [1.807, 2.05) is 0 Å². The Bertz CT molecular complexity index is 680. The van der Waals surface area contributed by atoms with Crippen molar-refractivity contribution in [2.45, 2.75) is 18.6 Å². The second-order valence-electron chi connectivity index (χ2n) is 5.00. The van der Waals surface area contributed by atoms with Gasteiger partial charge in [0, 0.05) is 12.1 Å². The SMILES string of the molecule is COc1cc(-c2noc([C@H]3C[C@H](O)CN3)n2)cc(Cl)c1OC.Cl. The summed E-state index contributed by atoms with van der Waals surface area (Å²) in [6.45, 7) is 0.518. The minimum atomic E-state index is -0.393. The number of rotatable bonds is 4. The minimum absolute atomic E-state index is 0. The summed E-state index contributed by atoms with van der Waals surface area (Å²) in [4.78, 5) is 4.36. The number of nitrogens with zero attached hydrogens (tertiary/aromatic N) is 2. The lowest BCUT2D eigenvalue weighted by Gasteiger charge is -2.10. The van der Waals surface area contributed by atoms with E-state index in [0.29, 0.717) is 46.8 Å². The van der Waals surface area contributed by atoms with E-state index in [2.05, 4.69) is 15.5 Å². The van der Waals surface area contributed by atoms with Gasteiger partial charge in [-0.2, -0.15) is 4.98 Å². The first-order valence-corrected chi connectivity index (χ1v) is 7.17. The highest BCUT2D eigenvalue weighted by atomic mass is 35.5. The molecule has 0 amide bonds. The van der Waals surface area contributed by atoms with Crippen LogP contribution in [-0.2, 0) is 0 Å². The van der Waals surface area contributed by atoms with Gasteiger partial charge in [0.25, 0.3) is 0 Å². The highest BCUT2D eigenvalue weighted by molar-refractivity contribution is 6.32. The Morgan fingerprint density at radius 3 is 2.74 bits per heavy atom. The van der Waals surface area contributed by atoms with Gasteiger partial charge in [-0.25, -0.2) is 0 Å². The van der Waals surface area contributed by atoms with Gasteiger partial charge < -0.3 is 24.4 Å². The third-order valence-electron chi connectivity index (χ3n) is 3.54.